The van der Waals surface area contributed by atoms with E-state index in [-0.39, 0.29) is 37.5 Å². The van der Waals surface area contributed by atoms with Crippen LogP contribution < -0.4 is 0 Å². The SMILES string of the molecule is CC(O[C@]1([C@H]2CCC(=O)N2C(=O)OCc2ccccc2)CCC[C@@H]1c1ccc(F)cc1)c1cc(C(F)(F)F)cc(C(F)(F)F)c1. The van der Waals surface area contributed by atoms with Gasteiger partial charge in [-0.3, -0.25) is 4.79 Å². The zero-order valence-corrected chi connectivity index (χ0v) is 24.1. The summed E-state index contributed by atoms with van der Waals surface area (Å²) in [4.78, 5) is 27.5. The smallest absolute Gasteiger partial charge is 0.417 e. The lowest BCUT2D eigenvalue weighted by Gasteiger charge is -2.45. The van der Waals surface area contributed by atoms with Crippen molar-refractivity contribution in [2.75, 3.05) is 0 Å². The van der Waals surface area contributed by atoms with Crippen molar-refractivity contribution < 1.29 is 49.8 Å². The number of hydrogen-bond acceptors (Lipinski definition) is 4. The van der Waals surface area contributed by atoms with Crippen molar-refractivity contribution in [3.63, 3.8) is 0 Å². The average molecular weight is 638 g/mol. The molecule has 2 amide bonds. The van der Waals surface area contributed by atoms with Gasteiger partial charge < -0.3 is 9.47 Å². The summed E-state index contributed by atoms with van der Waals surface area (Å²) < 4.78 is 108. The van der Waals surface area contributed by atoms with Crippen LogP contribution in [0.3, 0.4) is 0 Å². The van der Waals surface area contributed by atoms with Gasteiger partial charge >= 0.3 is 18.4 Å². The minimum absolute atomic E-state index is 0.0446. The van der Waals surface area contributed by atoms with Crippen LogP contribution in [-0.2, 0) is 33.2 Å². The third kappa shape index (κ3) is 6.85. The highest BCUT2D eigenvalue weighted by molar-refractivity contribution is 5.94. The molecule has 1 aliphatic heterocycles. The van der Waals surface area contributed by atoms with Gasteiger partial charge in [0.25, 0.3) is 0 Å². The number of carbonyl (C=O) groups excluding carboxylic acids is 2. The van der Waals surface area contributed by atoms with E-state index in [4.69, 9.17) is 9.47 Å². The first-order valence-electron chi connectivity index (χ1n) is 14.4. The minimum atomic E-state index is -5.06. The summed E-state index contributed by atoms with van der Waals surface area (Å²) in [6, 6.07) is 14.6. The first-order valence-corrected chi connectivity index (χ1v) is 14.4. The number of rotatable bonds is 7. The molecule has 5 rings (SSSR count). The highest BCUT2D eigenvalue weighted by Gasteiger charge is 2.57. The first kappa shape index (κ1) is 32.5. The van der Waals surface area contributed by atoms with Crippen LogP contribution in [0, 0.1) is 5.82 Å². The lowest BCUT2D eigenvalue weighted by molar-refractivity contribution is -0.149. The van der Waals surface area contributed by atoms with Crippen molar-refractivity contribution in [2.24, 2.45) is 0 Å². The second-order valence-electron chi connectivity index (χ2n) is 11.4. The van der Waals surface area contributed by atoms with Crippen LogP contribution in [0.4, 0.5) is 35.5 Å². The van der Waals surface area contributed by atoms with Crippen molar-refractivity contribution in [1.82, 2.24) is 4.90 Å². The molecule has 1 saturated carbocycles. The summed E-state index contributed by atoms with van der Waals surface area (Å²) in [5.74, 6) is -1.63. The maximum atomic E-state index is 13.9. The Balaban J connectivity index is 1.55. The molecule has 4 atom stereocenters. The van der Waals surface area contributed by atoms with Crippen LogP contribution in [0.2, 0.25) is 0 Å². The van der Waals surface area contributed by atoms with Crippen LogP contribution in [0.1, 0.15) is 78.9 Å². The van der Waals surface area contributed by atoms with E-state index in [1.165, 1.54) is 31.2 Å². The number of hydrogen-bond donors (Lipinski definition) is 0. The predicted octanol–water partition coefficient (Wildman–Crippen LogP) is 8.98. The molecule has 2 aliphatic rings. The summed E-state index contributed by atoms with van der Waals surface area (Å²) in [6.45, 7) is 1.21. The standard InChI is InChI=1S/C33H30F7NO4/c1-20(23-16-24(32(35,36)37)18-25(17-23)33(38,39)40)45-31(15-5-8-27(31)22-9-11-26(34)12-10-22)28-13-14-29(42)41(28)30(43)44-19-21-6-3-2-4-7-21/h2-4,6-7,9-12,16-18,20,27-28H,5,8,13-15,19H2,1H3/t20?,27-,28-,31-/m1/s1. The second-order valence-corrected chi connectivity index (χ2v) is 11.4. The van der Waals surface area contributed by atoms with Crippen LogP contribution in [0.15, 0.2) is 72.8 Å². The zero-order chi connectivity index (χ0) is 32.6. The van der Waals surface area contributed by atoms with Gasteiger partial charge in [-0.1, -0.05) is 42.5 Å². The fourth-order valence-corrected chi connectivity index (χ4v) is 6.54. The summed E-state index contributed by atoms with van der Waals surface area (Å²) in [7, 11) is 0. The van der Waals surface area contributed by atoms with Crippen molar-refractivity contribution in [1.29, 1.82) is 0 Å². The van der Waals surface area contributed by atoms with Gasteiger partial charge in [0.15, 0.2) is 0 Å². The van der Waals surface area contributed by atoms with E-state index in [1.54, 1.807) is 30.3 Å². The molecule has 3 aromatic carbocycles. The maximum Gasteiger partial charge on any atom is 0.417 e. The van der Waals surface area contributed by atoms with Crippen molar-refractivity contribution >= 4 is 12.0 Å². The van der Waals surface area contributed by atoms with E-state index in [0.717, 1.165) is 4.90 Å². The summed E-state index contributed by atoms with van der Waals surface area (Å²) >= 11 is 0. The third-order valence-electron chi connectivity index (χ3n) is 8.58. The molecule has 45 heavy (non-hydrogen) atoms. The molecule has 5 nitrogen and oxygen atoms in total. The fraction of sp³-hybridized carbons (Fsp3) is 0.394. The van der Waals surface area contributed by atoms with Crippen LogP contribution in [0.5, 0.6) is 0 Å². The molecular weight excluding hydrogens is 607 g/mol. The molecule has 0 aromatic heterocycles. The number of carbonyl (C=O) groups is 2. The van der Waals surface area contributed by atoms with Gasteiger partial charge in [0, 0.05) is 12.3 Å². The number of nitrogens with zero attached hydrogens (tertiary/aromatic N) is 1. The highest BCUT2D eigenvalue weighted by Crippen LogP contribution is 2.53. The number of ether oxygens (including phenoxy) is 2. The van der Waals surface area contributed by atoms with Gasteiger partial charge in [-0.2, -0.15) is 26.3 Å². The summed E-state index contributed by atoms with van der Waals surface area (Å²) in [5, 5.41) is 0. The largest absolute Gasteiger partial charge is 0.444 e. The predicted molar refractivity (Wildman–Crippen MR) is 148 cm³/mol. The molecular formula is C33H30F7NO4. The molecule has 1 heterocycles. The van der Waals surface area contributed by atoms with Crippen molar-refractivity contribution in [2.45, 2.75) is 81.7 Å². The Kier molecular flexibility index (Phi) is 8.99. The molecule has 1 unspecified atom stereocenters. The van der Waals surface area contributed by atoms with E-state index < -0.39 is 65.0 Å². The van der Waals surface area contributed by atoms with Crippen molar-refractivity contribution in [3.05, 3.63) is 106 Å². The molecule has 0 spiro atoms. The Labute approximate surface area is 254 Å². The van der Waals surface area contributed by atoms with Crippen LogP contribution in [0.25, 0.3) is 0 Å². The lowest BCUT2D eigenvalue weighted by Crippen LogP contribution is -2.56. The normalized spacial score (nSPS) is 22.9. The molecule has 1 saturated heterocycles. The number of halogens is 7. The Morgan fingerprint density at radius 2 is 1.56 bits per heavy atom. The van der Waals surface area contributed by atoms with Gasteiger partial charge in [-0.05, 0) is 79.6 Å². The maximum absolute atomic E-state index is 13.9. The zero-order valence-electron chi connectivity index (χ0n) is 24.1. The van der Waals surface area contributed by atoms with E-state index in [2.05, 4.69) is 0 Å². The van der Waals surface area contributed by atoms with E-state index >= 15 is 0 Å². The Morgan fingerprint density at radius 3 is 2.16 bits per heavy atom. The molecule has 3 aromatic rings. The highest BCUT2D eigenvalue weighted by atomic mass is 19.4. The Hall–Kier alpha value is -3.93. The van der Waals surface area contributed by atoms with Crippen LogP contribution >= 0.6 is 0 Å². The second kappa shape index (κ2) is 12.5. The summed E-state index contributed by atoms with van der Waals surface area (Å²) in [5.41, 5.74) is -3.51. The quantitative estimate of drug-likeness (QED) is 0.243. The molecule has 12 heteroatoms. The molecule has 2 fully saturated rings. The average Bonchev–Trinajstić information content (AvgIpc) is 3.60. The first-order chi connectivity index (χ1) is 21.2. The minimum Gasteiger partial charge on any atom is -0.444 e. The lowest BCUT2D eigenvalue weighted by atomic mass is 9.78. The summed E-state index contributed by atoms with van der Waals surface area (Å²) in [6.07, 6.45) is -11.1. The number of likely N-dealkylation sites (tertiary alicyclic amines) is 1. The van der Waals surface area contributed by atoms with E-state index in [9.17, 15) is 40.3 Å². The van der Waals surface area contributed by atoms with Gasteiger partial charge in [0.1, 0.15) is 12.4 Å². The molecule has 1 aliphatic carbocycles. The number of amides is 2. The fourth-order valence-electron chi connectivity index (χ4n) is 6.54. The number of imide groups is 1. The molecule has 240 valence electrons. The topological polar surface area (TPSA) is 55.8 Å². The number of benzene rings is 3. The van der Waals surface area contributed by atoms with Crippen molar-refractivity contribution in [3.8, 4) is 0 Å². The van der Waals surface area contributed by atoms with Gasteiger partial charge in [-0.15, -0.1) is 0 Å². The Bertz CT molecular complexity index is 1490. The van der Waals surface area contributed by atoms with Crippen LogP contribution in [-0.4, -0.2) is 28.5 Å². The molecule has 0 radical (unpaired) electrons. The van der Waals surface area contributed by atoms with E-state index in [0.29, 0.717) is 36.1 Å². The van der Waals surface area contributed by atoms with Gasteiger partial charge in [0.05, 0.1) is 28.9 Å². The van der Waals surface area contributed by atoms with Gasteiger partial charge in [0.2, 0.25) is 5.91 Å². The molecule has 0 N–H and O–H groups in total. The van der Waals surface area contributed by atoms with Gasteiger partial charge in [-0.25, -0.2) is 14.1 Å². The third-order valence-corrected chi connectivity index (χ3v) is 8.58. The monoisotopic (exact) mass is 637 g/mol. The Morgan fingerprint density at radius 1 is 0.933 bits per heavy atom. The number of alkyl halides is 6. The molecule has 0 bridgehead atoms. The van der Waals surface area contributed by atoms with E-state index in [1.807, 2.05) is 0 Å².